The fourth-order valence-electron chi connectivity index (χ4n) is 2.70. The molecule has 7 heteroatoms. The molecule has 1 aromatic rings. The van der Waals surface area contributed by atoms with Crippen LogP contribution in [0.3, 0.4) is 0 Å². The van der Waals surface area contributed by atoms with Crippen LogP contribution in [0.2, 0.25) is 0 Å². The first-order chi connectivity index (χ1) is 10.0. The Kier molecular flexibility index (Phi) is 3.71. The summed E-state index contributed by atoms with van der Waals surface area (Å²) in [5, 5.41) is 15.1. The molecule has 0 aromatic carbocycles. The van der Waals surface area contributed by atoms with Gasteiger partial charge >= 0.3 is 0 Å². The first-order valence-electron chi connectivity index (χ1n) is 7.74. The number of carbonyl (C=O) groups excluding carboxylic acids is 1. The number of fused-ring (bicyclic) bond motifs is 1. The predicted molar refractivity (Wildman–Crippen MR) is 78.5 cm³/mol. The van der Waals surface area contributed by atoms with E-state index in [1.54, 1.807) is 0 Å². The van der Waals surface area contributed by atoms with Crippen molar-refractivity contribution in [3.8, 4) is 0 Å². The van der Waals surface area contributed by atoms with Crippen molar-refractivity contribution >= 4 is 5.91 Å². The molecule has 1 aromatic heterocycles. The van der Waals surface area contributed by atoms with E-state index in [2.05, 4.69) is 39.2 Å². The van der Waals surface area contributed by atoms with Gasteiger partial charge in [-0.15, -0.1) is 10.2 Å². The Labute approximate surface area is 124 Å². The molecule has 0 bridgehead atoms. The first-order valence-corrected chi connectivity index (χ1v) is 7.74. The van der Waals surface area contributed by atoms with Crippen LogP contribution in [0.5, 0.6) is 0 Å². The van der Waals surface area contributed by atoms with Crippen molar-refractivity contribution in [3.05, 3.63) is 11.6 Å². The SMILES string of the molecule is CC(C)C(NC(=O)C1(N)CC1)c1nnc2n1CCNCC2. The van der Waals surface area contributed by atoms with Crippen LogP contribution >= 0.6 is 0 Å². The minimum absolute atomic E-state index is 0.0645. The average molecular weight is 292 g/mol. The highest BCUT2D eigenvalue weighted by molar-refractivity contribution is 5.89. The molecule has 1 aliphatic carbocycles. The van der Waals surface area contributed by atoms with Crippen LogP contribution in [0.15, 0.2) is 0 Å². The van der Waals surface area contributed by atoms with Gasteiger partial charge in [0.25, 0.3) is 0 Å². The molecule has 1 unspecified atom stereocenters. The van der Waals surface area contributed by atoms with Crippen LogP contribution in [0.1, 0.15) is 44.4 Å². The zero-order valence-corrected chi connectivity index (χ0v) is 12.7. The molecule has 2 aliphatic rings. The Morgan fingerprint density at radius 1 is 1.38 bits per heavy atom. The number of carbonyl (C=O) groups is 1. The lowest BCUT2D eigenvalue weighted by Gasteiger charge is -2.24. The smallest absolute Gasteiger partial charge is 0.240 e. The third-order valence-electron chi connectivity index (χ3n) is 4.37. The van der Waals surface area contributed by atoms with Crippen LogP contribution in [0, 0.1) is 5.92 Å². The van der Waals surface area contributed by atoms with Crippen molar-refractivity contribution in [3.63, 3.8) is 0 Å². The van der Waals surface area contributed by atoms with Gasteiger partial charge < -0.3 is 20.9 Å². The molecule has 3 rings (SSSR count). The maximum Gasteiger partial charge on any atom is 0.240 e. The molecule has 1 amide bonds. The van der Waals surface area contributed by atoms with Gasteiger partial charge in [-0.2, -0.15) is 0 Å². The molecule has 0 saturated heterocycles. The summed E-state index contributed by atoms with van der Waals surface area (Å²) in [6.07, 6.45) is 2.41. The normalized spacial score (nSPS) is 21.5. The number of amides is 1. The highest BCUT2D eigenvalue weighted by atomic mass is 16.2. The highest BCUT2D eigenvalue weighted by Gasteiger charge is 2.47. The van der Waals surface area contributed by atoms with Gasteiger partial charge in [0.05, 0.1) is 11.6 Å². The number of nitrogens with two attached hydrogens (primary N) is 1. The van der Waals surface area contributed by atoms with E-state index in [0.29, 0.717) is 0 Å². The summed E-state index contributed by atoms with van der Waals surface area (Å²) in [4.78, 5) is 12.3. The van der Waals surface area contributed by atoms with Crippen molar-refractivity contribution in [1.82, 2.24) is 25.4 Å². The van der Waals surface area contributed by atoms with E-state index in [0.717, 1.165) is 50.5 Å². The van der Waals surface area contributed by atoms with Crippen molar-refractivity contribution in [2.24, 2.45) is 11.7 Å². The van der Waals surface area contributed by atoms with E-state index < -0.39 is 5.54 Å². The molecular weight excluding hydrogens is 268 g/mol. The summed E-state index contributed by atoms with van der Waals surface area (Å²) in [6.45, 7) is 6.82. The topological polar surface area (TPSA) is 97.9 Å². The molecule has 1 saturated carbocycles. The van der Waals surface area contributed by atoms with Crippen LogP contribution in [-0.2, 0) is 17.8 Å². The summed E-state index contributed by atoms with van der Waals surface area (Å²) in [5.74, 6) is 2.01. The zero-order chi connectivity index (χ0) is 15.0. The lowest BCUT2D eigenvalue weighted by atomic mass is 10.0. The average Bonchev–Trinajstić information content (AvgIpc) is 3.15. The van der Waals surface area contributed by atoms with E-state index >= 15 is 0 Å². The molecule has 1 atom stereocenters. The molecule has 1 fully saturated rings. The van der Waals surface area contributed by atoms with Gasteiger partial charge in [0.15, 0.2) is 5.82 Å². The summed E-state index contributed by atoms with van der Waals surface area (Å²) in [5.41, 5.74) is 5.33. The van der Waals surface area contributed by atoms with Gasteiger partial charge in [-0.3, -0.25) is 4.79 Å². The van der Waals surface area contributed by atoms with E-state index in [1.165, 1.54) is 0 Å². The fourth-order valence-corrected chi connectivity index (χ4v) is 2.70. The van der Waals surface area contributed by atoms with Gasteiger partial charge in [0.1, 0.15) is 5.82 Å². The van der Waals surface area contributed by atoms with Gasteiger partial charge in [-0.05, 0) is 18.8 Å². The lowest BCUT2D eigenvalue weighted by Crippen LogP contribution is -2.46. The van der Waals surface area contributed by atoms with Crippen LogP contribution in [-0.4, -0.2) is 39.3 Å². The lowest BCUT2D eigenvalue weighted by molar-refractivity contribution is -0.124. The van der Waals surface area contributed by atoms with Gasteiger partial charge in [0, 0.05) is 26.1 Å². The molecule has 4 N–H and O–H groups in total. The van der Waals surface area contributed by atoms with Gasteiger partial charge in [-0.25, -0.2) is 0 Å². The van der Waals surface area contributed by atoms with Crippen LogP contribution < -0.4 is 16.4 Å². The minimum atomic E-state index is -0.656. The number of aromatic nitrogens is 3. The minimum Gasteiger partial charge on any atom is -0.344 e. The number of hydrogen-bond acceptors (Lipinski definition) is 5. The van der Waals surface area contributed by atoms with Crippen LogP contribution in [0.25, 0.3) is 0 Å². The number of hydrogen-bond donors (Lipinski definition) is 3. The van der Waals surface area contributed by atoms with E-state index in [-0.39, 0.29) is 17.9 Å². The number of nitrogens with one attached hydrogen (secondary N) is 2. The number of nitrogens with zero attached hydrogens (tertiary/aromatic N) is 3. The molecule has 0 radical (unpaired) electrons. The standard InChI is InChI=1S/C14H24N6O/c1-9(2)11(17-13(21)14(15)4-5-14)12-19-18-10-3-6-16-7-8-20(10)12/h9,11,16H,3-8,15H2,1-2H3,(H,17,21). The summed E-state index contributed by atoms with van der Waals surface area (Å²) in [7, 11) is 0. The van der Waals surface area contributed by atoms with E-state index in [4.69, 9.17) is 5.73 Å². The Morgan fingerprint density at radius 3 is 2.81 bits per heavy atom. The van der Waals surface area contributed by atoms with Crippen molar-refractivity contribution in [2.45, 2.75) is 51.2 Å². The Hall–Kier alpha value is -1.47. The second-order valence-electron chi connectivity index (χ2n) is 6.48. The quantitative estimate of drug-likeness (QED) is 0.709. The highest BCUT2D eigenvalue weighted by Crippen LogP contribution is 2.33. The maximum absolute atomic E-state index is 12.3. The zero-order valence-electron chi connectivity index (χ0n) is 12.7. The molecule has 7 nitrogen and oxygen atoms in total. The van der Waals surface area contributed by atoms with Crippen molar-refractivity contribution < 1.29 is 4.79 Å². The number of rotatable bonds is 4. The molecule has 2 heterocycles. The third kappa shape index (κ3) is 2.80. The maximum atomic E-state index is 12.3. The Balaban J connectivity index is 1.84. The molecule has 1 aliphatic heterocycles. The molecule has 21 heavy (non-hydrogen) atoms. The molecule has 0 spiro atoms. The van der Waals surface area contributed by atoms with Gasteiger partial charge in [0.2, 0.25) is 5.91 Å². The van der Waals surface area contributed by atoms with E-state index in [9.17, 15) is 4.79 Å². The Bertz CT molecular complexity index is 534. The second-order valence-corrected chi connectivity index (χ2v) is 6.48. The van der Waals surface area contributed by atoms with Gasteiger partial charge in [-0.1, -0.05) is 13.8 Å². The molecular formula is C14H24N6O. The Morgan fingerprint density at radius 2 is 2.14 bits per heavy atom. The largest absolute Gasteiger partial charge is 0.344 e. The third-order valence-corrected chi connectivity index (χ3v) is 4.37. The fraction of sp³-hybridized carbons (Fsp3) is 0.786. The second kappa shape index (κ2) is 5.38. The van der Waals surface area contributed by atoms with Crippen molar-refractivity contribution in [1.29, 1.82) is 0 Å². The monoisotopic (exact) mass is 292 g/mol. The van der Waals surface area contributed by atoms with Crippen molar-refractivity contribution in [2.75, 3.05) is 13.1 Å². The summed E-state index contributed by atoms with van der Waals surface area (Å²) >= 11 is 0. The van der Waals surface area contributed by atoms with E-state index in [1.807, 2.05) is 0 Å². The van der Waals surface area contributed by atoms with Crippen LogP contribution in [0.4, 0.5) is 0 Å². The first kappa shape index (κ1) is 14.5. The summed E-state index contributed by atoms with van der Waals surface area (Å²) in [6, 6.07) is -0.141. The molecule has 116 valence electrons. The predicted octanol–water partition coefficient (Wildman–Crippen LogP) is -0.272. The summed E-state index contributed by atoms with van der Waals surface area (Å²) < 4.78 is 2.14.